The van der Waals surface area contributed by atoms with E-state index in [1.54, 1.807) is 0 Å². The van der Waals surface area contributed by atoms with Crippen LogP contribution in [-0.2, 0) is 0 Å². The molecule has 2 heterocycles. The maximum absolute atomic E-state index is 11.7. The van der Waals surface area contributed by atoms with Crippen LogP contribution in [0.4, 0.5) is 0 Å². The number of nitrogens with one attached hydrogen (secondary N) is 1. The second-order valence-electron chi connectivity index (χ2n) is 5.47. The minimum absolute atomic E-state index is 0.235. The van der Waals surface area contributed by atoms with Crippen LogP contribution < -0.4 is 5.32 Å². The van der Waals surface area contributed by atoms with Crippen LogP contribution in [0.1, 0.15) is 31.2 Å². The summed E-state index contributed by atoms with van der Waals surface area (Å²) in [5.74, 6) is 0.379. The number of nitro groups is 1. The van der Waals surface area contributed by atoms with Crippen LogP contribution in [0.25, 0.3) is 0 Å². The molecule has 2 aliphatic rings. The zero-order chi connectivity index (χ0) is 14.8. The van der Waals surface area contributed by atoms with Gasteiger partial charge in [-0.2, -0.15) is 0 Å². The van der Waals surface area contributed by atoms with Crippen LogP contribution in [0.5, 0.6) is 0 Å². The average Bonchev–Trinajstić information content (AvgIpc) is 2.73. The Bertz CT molecular complexity index is 607. The van der Waals surface area contributed by atoms with Crippen molar-refractivity contribution in [1.29, 1.82) is 0 Å². The highest BCUT2D eigenvalue weighted by molar-refractivity contribution is 5.38. The molecule has 0 spiro atoms. The van der Waals surface area contributed by atoms with Crippen LogP contribution in [0, 0.1) is 10.1 Å². The zero-order valence-corrected chi connectivity index (χ0v) is 12.1. The van der Waals surface area contributed by atoms with E-state index >= 15 is 0 Å². The van der Waals surface area contributed by atoms with Gasteiger partial charge in [0.05, 0.1) is 10.8 Å². The molecule has 0 aromatic heterocycles. The monoisotopic (exact) mass is 285 g/mol. The van der Waals surface area contributed by atoms with Crippen LogP contribution >= 0.6 is 0 Å². The molecule has 5 nitrogen and oxygen atoms in total. The summed E-state index contributed by atoms with van der Waals surface area (Å²) in [6, 6.07) is 9.68. The van der Waals surface area contributed by atoms with Crippen molar-refractivity contribution in [3.05, 3.63) is 69.3 Å². The first kappa shape index (κ1) is 13.7. The van der Waals surface area contributed by atoms with E-state index in [0.29, 0.717) is 5.82 Å². The highest BCUT2D eigenvalue weighted by Crippen LogP contribution is 2.36. The number of nitrogens with zero attached hydrogens (tertiary/aromatic N) is 2. The van der Waals surface area contributed by atoms with Crippen molar-refractivity contribution in [3.63, 3.8) is 0 Å². The van der Waals surface area contributed by atoms with Crippen molar-refractivity contribution < 1.29 is 4.92 Å². The van der Waals surface area contributed by atoms with Gasteiger partial charge in [-0.3, -0.25) is 10.1 Å². The van der Waals surface area contributed by atoms with E-state index in [9.17, 15) is 10.1 Å². The van der Waals surface area contributed by atoms with Gasteiger partial charge in [0.2, 0.25) is 0 Å². The van der Waals surface area contributed by atoms with Gasteiger partial charge in [-0.05, 0) is 31.4 Å². The lowest BCUT2D eigenvalue weighted by Gasteiger charge is -2.31. The summed E-state index contributed by atoms with van der Waals surface area (Å²) in [4.78, 5) is 13.5. The van der Waals surface area contributed by atoms with E-state index < -0.39 is 0 Å². The Morgan fingerprint density at radius 1 is 1.29 bits per heavy atom. The van der Waals surface area contributed by atoms with Crippen molar-refractivity contribution >= 4 is 0 Å². The van der Waals surface area contributed by atoms with Crippen molar-refractivity contribution in [1.82, 2.24) is 10.2 Å². The van der Waals surface area contributed by atoms with E-state index in [1.165, 1.54) is 0 Å². The smallest absolute Gasteiger partial charge is 0.297 e. The lowest BCUT2D eigenvalue weighted by molar-refractivity contribution is -0.432. The zero-order valence-electron chi connectivity index (χ0n) is 12.1. The van der Waals surface area contributed by atoms with Gasteiger partial charge in [0.1, 0.15) is 0 Å². The summed E-state index contributed by atoms with van der Waals surface area (Å²) < 4.78 is 0. The van der Waals surface area contributed by atoms with Crippen molar-refractivity contribution in [2.45, 2.75) is 25.7 Å². The number of rotatable bonds is 2. The van der Waals surface area contributed by atoms with Crippen LogP contribution in [-0.4, -0.2) is 22.9 Å². The highest BCUT2D eigenvalue weighted by Gasteiger charge is 2.37. The Kier molecular flexibility index (Phi) is 3.64. The highest BCUT2D eigenvalue weighted by atomic mass is 16.6. The van der Waals surface area contributed by atoms with E-state index in [0.717, 1.165) is 37.2 Å². The molecule has 1 fully saturated rings. The molecule has 0 saturated carbocycles. The molecule has 0 bridgehead atoms. The third-order valence-corrected chi connectivity index (χ3v) is 4.10. The molecule has 3 rings (SSSR count). The Morgan fingerprint density at radius 3 is 2.76 bits per heavy atom. The molecule has 1 atom stereocenters. The molecular formula is C16H19N3O2. The minimum atomic E-state index is -0.293. The molecule has 1 N–H and O–H groups in total. The van der Waals surface area contributed by atoms with Gasteiger partial charge in [-0.25, -0.2) is 0 Å². The van der Waals surface area contributed by atoms with Crippen LogP contribution in [0.2, 0.25) is 0 Å². The Hall–Kier alpha value is -2.30. The van der Waals surface area contributed by atoms with Gasteiger partial charge in [0.25, 0.3) is 5.70 Å². The van der Waals surface area contributed by atoms with E-state index in [1.807, 2.05) is 48.2 Å². The van der Waals surface area contributed by atoms with Gasteiger partial charge in [0, 0.05) is 18.8 Å². The van der Waals surface area contributed by atoms with E-state index in [2.05, 4.69) is 5.32 Å². The summed E-state index contributed by atoms with van der Waals surface area (Å²) in [5, 5.41) is 14.9. The molecule has 21 heavy (non-hydrogen) atoms. The molecule has 5 heteroatoms. The molecule has 2 aliphatic heterocycles. The molecular weight excluding hydrogens is 266 g/mol. The van der Waals surface area contributed by atoms with Crippen LogP contribution in [0.15, 0.2) is 53.6 Å². The predicted molar refractivity (Wildman–Crippen MR) is 80.9 cm³/mol. The first-order valence-electron chi connectivity index (χ1n) is 7.32. The van der Waals surface area contributed by atoms with E-state index in [-0.39, 0.29) is 16.5 Å². The summed E-state index contributed by atoms with van der Waals surface area (Å²) in [7, 11) is 0. The lowest BCUT2D eigenvalue weighted by atomic mass is 9.92. The third-order valence-electron chi connectivity index (χ3n) is 4.10. The van der Waals surface area contributed by atoms with Crippen LogP contribution in [0.3, 0.4) is 0 Å². The maximum atomic E-state index is 11.7. The van der Waals surface area contributed by atoms with Gasteiger partial charge < -0.3 is 10.2 Å². The largest absolute Gasteiger partial charge is 0.366 e. The standard InChI is InChI=1S/C16H19N3O2/c1-12-11-14(13-7-3-2-4-8-13)15(19(20)21)16-17-9-5-6-10-18(12)16/h2-4,7-8,11,14,17H,5-6,9-10H2,1H3. The topological polar surface area (TPSA) is 58.4 Å². The molecule has 1 unspecified atom stereocenters. The molecule has 0 aliphatic carbocycles. The first-order chi connectivity index (χ1) is 10.2. The molecule has 1 aromatic rings. The lowest BCUT2D eigenvalue weighted by Crippen LogP contribution is -2.36. The summed E-state index contributed by atoms with van der Waals surface area (Å²) in [5.41, 5.74) is 2.30. The van der Waals surface area contributed by atoms with Gasteiger partial charge in [-0.15, -0.1) is 0 Å². The van der Waals surface area contributed by atoms with Crippen molar-refractivity contribution in [2.75, 3.05) is 13.1 Å². The predicted octanol–water partition coefficient (Wildman–Crippen LogP) is 2.82. The van der Waals surface area contributed by atoms with Gasteiger partial charge >= 0.3 is 0 Å². The van der Waals surface area contributed by atoms with Crippen molar-refractivity contribution in [3.8, 4) is 0 Å². The average molecular weight is 285 g/mol. The second kappa shape index (κ2) is 5.60. The quantitative estimate of drug-likeness (QED) is 0.670. The molecule has 1 saturated heterocycles. The summed E-state index contributed by atoms with van der Waals surface area (Å²) in [6.45, 7) is 3.65. The number of benzene rings is 1. The fourth-order valence-corrected chi connectivity index (χ4v) is 3.06. The SMILES string of the molecule is CC1=CC(c2ccccc2)C([N+](=O)[O-])=C2NCCCCN12. The fraction of sp³-hybridized carbons (Fsp3) is 0.375. The second-order valence-corrected chi connectivity index (χ2v) is 5.47. The normalized spacial score (nSPS) is 22.0. The Morgan fingerprint density at radius 2 is 2.05 bits per heavy atom. The molecule has 0 amide bonds. The fourth-order valence-electron chi connectivity index (χ4n) is 3.06. The Labute approximate surface area is 124 Å². The Balaban J connectivity index is 2.11. The summed E-state index contributed by atoms with van der Waals surface area (Å²) >= 11 is 0. The molecule has 110 valence electrons. The van der Waals surface area contributed by atoms with Gasteiger partial charge in [0.15, 0.2) is 5.82 Å². The third kappa shape index (κ3) is 2.51. The molecule has 0 radical (unpaired) electrons. The van der Waals surface area contributed by atoms with E-state index in [4.69, 9.17) is 0 Å². The van der Waals surface area contributed by atoms with Crippen molar-refractivity contribution in [2.24, 2.45) is 0 Å². The number of allylic oxidation sites excluding steroid dienone is 2. The number of fused-ring (bicyclic) bond motifs is 1. The number of hydrogen-bond donors (Lipinski definition) is 1. The van der Waals surface area contributed by atoms with Gasteiger partial charge in [-0.1, -0.05) is 30.3 Å². The number of hydrogen-bond acceptors (Lipinski definition) is 4. The summed E-state index contributed by atoms with van der Waals surface area (Å²) in [6.07, 6.45) is 4.08. The molecule has 1 aromatic carbocycles. The maximum Gasteiger partial charge on any atom is 0.297 e. The minimum Gasteiger partial charge on any atom is -0.366 e. The first-order valence-corrected chi connectivity index (χ1v) is 7.32.